The van der Waals surface area contributed by atoms with Gasteiger partial charge >= 0.3 is 0 Å². The smallest absolute Gasteiger partial charge is 0.0702 e. The molecule has 0 saturated carbocycles. The number of aliphatic hydroxyl groups excluding tert-OH is 1. The first kappa shape index (κ1) is 9.28. The molecule has 2 nitrogen and oxygen atoms in total. The van der Waals surface area contributed by atoms with Crippen molar-refractivity contribution in [2.45, 2.75) is 27.0 Å². The lowest BCUT2D eigenvalue weighted by Gasteiger charge is -2.00. The molecule has 0 saturated heterocycles. The molecule has 1 aromatic carbocycles. The van der Waals surface area contributed by atoms with E-state index in [9.17, 15) is 5.11 Å². The van der Waals surface area contributed by atoms with Crippen molar-refractivity contribution < 1.29 is 5.11 Å². The number of benzene rings is 1. The van der Waals surface area contributed by atoms with Crippen LogP contribution in [0.2, 0.25) is 0 Å². The SMILES string of the molecule is CCn1cc(CO)c2cc(C)ccc21. The third kappa shape index (κ3) is 1.32. The molecule has 1 N–H and O–H groups in total. The molecular formula is C12H15NO. The van der Waals surface area contributed by atoms with E-state index >= 15 is 0 Å². The maximum absolute atomic E-state index is 9.22. The van der Waals surface area contributed by atoms with Gasteiger partial charge in [-0.3, -0.25) is 0 Å². The molecule has 0 aliphatic carbocycles. The van der Waals surface area contributed by atoms with E-state index in [-0.39, 0.29) is 6.61 Å². The fraction of sp³-hybridized carbons (Fsp3) is 0.333. The molecule has 14 heavy (non-hydrogen) atoms. The monoisotopic (exact) mass is 189 g/mol. The molecule has 0 radical (unpaired) electrons. The molecule has 2 heteroatoms. The van der Waals surface area contributed by atoms with Crippen molar-refractivity contribution in [3.05, 3.63) is 35.5 Å². The summed E-state index contributed by atoms with van der Waals surface area (Å²) in [6.45, 7) is 5.25. The molecule has 1 heterocycles. The fourth-order valence-corrected chi connectivity index (χ4v) is 1.87. The zero-order chi connectivity index (χ0) is 10.1. The van der Waals surface area contributed by atoms with Gasteiger partial charge in [0.05, 0.1) is 6.61 Å². The van der Waals surface area contributed by atoms with Crippen LogP contribution in [0, 0.1) is 6.92 Å². The highest BCUT2D eigenvalue weighted by Crippen LogP contribution is 2.22. The number of rotatable bonds is 2. The summed E-state index contributed by atoms with van der Waals surface area (Å²) in [5.41, 5.74) is 3.47. The van der Waals surface area contributed by atoms with E-state index in [0.29, 0.717) is 0 Å². The Bertz CT molecular complexity index is 457. The Balaban J connectivity index is 2.75. The normalized spacial score (nSPS) is 11.1. The quantitative estimate of drug-likeness (QED) is 0.771. The Morgan fingerprint density at radius 2 is 2.14 bits per heavy atom. The minimum absolute atomic E-state index is 0.118. The summed E-state index contributed by atoms with van der Waals surface area (Å²) in [5.74, 6) is 0. The van der Waals surface area contributed by atoms with E-state index in [4.69, 9.17) is 0 Å². The standard InChI is InChI=1S/C12H15NO/c1-3-13-7-10(8-14)11-6-9(2)4-5-12(11)13/h4-7,14H,3,8H2,1-2H3. The van der Waals surface area contributed by atoms with Crippen LogP contribution in [-0.2, 0) is 13.2 Å². The molecule has 0 aliphatic rings. The topological polar surface area (TPSA) is 25.2 Å². The molecule has 1 aromatic heterocycles. The molecule has 0 aliphatic heterocycles. The zero-order valence-corrected chi connectivity index (χ0v) is 8.62. The molecule has 0 unspecified atom stereocenters. The number of fused-ring (bicyclic) bond motifs is 1. The third-order valence-electron chi connectivity index (χ3n) is 2.63. The zero-order valence-electron chi connectivity index (χ0n) is 8.62. The highest BCUT2D eigenvalue weighted by atomic mass is 16.3. The minimum atomic E-state index is 0.118. The van der Waals surface area contributed by atoms with Gasteiger partial charge in [0, 0.05) is 29.2 Å². The first-order chi connectivity index (χ1) is 6.76. The van der Waals surface area contributed by atoms with Gasteiger partial charge in [0.2, 0.25) is 0 Å². The van der Waals surface area contributed by atoms with Crippen molar-refractivity contribution in [3.63, 3.8) is 0 Å². The number of hydrogen-bond donors (Lipinski definition) is 1. The Morgan fingerprint density at radius 3 is 2.79 bits per heavy atom. The molecule has 0 amide bonds. The van der Waals surface area contributed by atoms with Gasteiger partial charge in [-0.2, -0.15) is 0 Å². The largest absolute Gasteiger partial charge is 0.392 e. The molecule has 2 aromatic rings. The van der Waals surface area contributed by atoms with Gasteiger partial charge in [-0.1, -0.05) is 11.6 Å². The van der Waals surface area contributed by atoms with Crippen LogP contribution in [0.25, 0.3) is 10.9 Å². The molecule has 0 atom stereocenters. The van der Waals surface area contributed by atoms with Crippen molar-refractivity contribution in [3.8, 4) is 0 Å². The second kappa shape index (κ2) is 3.46. The van der Waals surface area contributed by atoms with Crippen molar-refractivity contribution in [1.29, 1.82) is 0 Å². The van der Waals surface area contributed by atoms with Gasteiger partial charge in [0.15, 0.2) is 0 Å². The van der Waals surface area contributed by atoms with Crippen LogP contribution in [0.4, 0.5) is 0 Å². The average Bonchev–Trinajstić information content (AvgIpc) is 2.55. The highest BCUT2D eigenvalue weighted by molar-refractivity contribution is 5.84. The second-order valence-corrected chi connectivity index (χ2v) is 3.62. The van der Waals surface area contributed by atoms with Gasteiger partial charge in [-0.25, -0.2) is 0 Å². The lowest BCUT2D eigenvalue weighted by Crippen LogP contribution is -1.90. The predicted molar refractivity (Wildman–Crippen MR) is 58.3 cm³/mol. The van der Waals surface area contributed by atoms with Crippen LogP contribution in [-0.4, -0.2) is 9.67 Å². The van der Waals surface area contributed by atoms with Crippen LogP contribution < -0.4 is 0 Å². The van der Waals surface area contributed by atoms with E-state index in [0.717, 1.165) is 12.1 Å². The van der Waals surface area contributed by atoms with Crippen molar-refractivity contribution >= 4 is 10.9 Å². The summed E-state index contributed by atoms with van der Waals surface area (Å²) in [7, 11) is 0. The molecule has 0 fully saturated rings. The number of aryl methyl sites for hydroxylation is 2. The Hall–Kier alpha value is -1.28. The fourth-order valence-electron chi connectivity index (χ4n) is 1.87. The summed E-state index contributed by atoms with van der Waals surface area (Å²) < 4.78 is 2.17. The number of aromatic nitrogens is 1. The molecular weight excluding hydrogens is 174 g/mol. The van der Waals surface area contributed by atoms with Gasteiger partial charge in [0.25, 0.3) is 0 Å². The molecule has 2 rings (SSSR count). The van der Waals surface area contributed by atoms with Gasteiger partial charge < -0.3 is 9.67 Å². The second-order valence-electron chi connectivity index (χ2n) is 3.62. The highest BCUT2D eigenvalue weighted by Gasteiger charge is 2.06. The lowest BCUT2D eigenvalue weighted by molar-refractivity contribution is 0.283. The van der Waals surface area contributed by atoms with Gasteiger partial charge in [-0.05, 0) is 26.0 Å². The van der Waals surface area contributed by atoms with Crippen molar-refractivity contribution in [1.82, 2.24) is 4.57 Å². The summed E-state index contributed by atoms with van der Waals surface area (Å²) in [4.78, 5) is 0. The number of nitrogens with zero attached hydrogens (tertiary/aromatic N) is 1. The average molecular weight is 189 g/mol. The Morgan fingerprint density at radius 1 is 1.36 bits per heavy atom. The molecule has 0 spiro atoms. The van der Waals surface area contributed by atoms with Gasteiger partial charge in [-0.15, -0.1) is 0 Å². The van der Waals surface area contributed by atoms with Gasteiger partial charge in [0.1, 0.15) is 0 Å². The maximum atomic E-state index is 9.22. The van der Waals surface area contributed by atoms with Crippen LogP contribution >= 0.6 is 0 Å². The molecule has 74 valence electrons. The molecule has 0 bridgehead atoms. The Labute approximate surface area is 83.8 Å². The first-order valence-corrected chi connectivity index (χ1v) is 4.95. The van der Waals surface area contributed by atoms with Crippen molar-refractivity contribution in [2.75, 3.05) is 0 Å². The van der Waals surface area contributed by atoms with E-state index < -0.39 is 0 Å². The van der Waals surface area contributed by atoms with Crippen LogP contribution in [0.15, 0.2) is 24.4 Å². The summed E-state index contributed by atoms with van der Waals surface area (Å²) >= 11 is 0. The Kier molecular flexibility index (Phi) is 2.30. The van der Waals surface area contributed by atoms with Crippen LogP contribution in [0.3, 0.4) is 0 Å². The minimum Gasteiger partial charge on any atom is -0.392 e. The maximum Gasteiger partial charge on any atom is 0.0702 e. The third-order valence-corrected chi connectivity index (χ3v) is 2.63. The summed E-state index contributed by atoms with van der Waals surface area (Å²) in [6.07, 6.45) is 2.03. The first-order valence-electron chi connectivity index (χ1n) is 4.95. The lowest BCUT2D eigenvalue weighted by atomic mass is 10.1. The summed E-state index contributed by atoms with van der Waals surface area (Å²) in [6, 6.07) is 6.36. The number of aliphatic hydroxyl groups is 1. The van der Waals surface area contributed by atoms with Crippen LogP contribution in [0.1, 0.15) is 18.1 Å². The van der Waals surface area contributed by atoms with E-state index in [1.807, 2.05) is 6.20 Å². The van der Waals surface area contributed by atoms with E-state index in [1.165, 1.54) is 16.5 Å². The number of hydrogen-bond acceptors (Lipinski definition) is 1. The summed E-state index contributed by atoms with van der Waals surface area (Å²) in [5, 5.41) is 10.4. The van der Waals surface area contributed by atoms with Crippen LogP contribution in [0.5, 0.6) is 0 Å². The predicted octanol–water partition coefficient (Wildman–Crippen LogP) is 2.46. The van der Waals surface area contributed by atoms with E-state index in [2.05, 4.69) is 36.6 Å². The van der Waals surface area contributed by atoms with E-state index in [1.54, 1.807) is 0 Å². The van der Waals surface area contributed by atoms with Crippen molar-refractivity contribution in [2.24, 2.45) is 0 Å².